The lowest BCUT2D eigenvalue weighted by atomic mass is 10.1. The molecule has 2 aromatic carbocycles. The Kier molecular flexibility index (Phi) is 2.39. The van der Waals surface area contributed by atoms with E-state index in [-0.39, 0.29) is 0 Å². The number of hydrogen-bond donors (Lipinski definition) is 2. The molecule has 0 atom stereocenters. The summed E-state index contributed by atoms with van der Waals surface area (Å²) in [5.41, 5.74) is 3.02. The van der Waals surface area contributed by atoms with Gasteiger partial charge in [0.2, 0.25) is 0 Å². The minimum atomic E-state index is 0.823. The van der Waals surface area contributed by atoms with Gasteiger partial charge < -0.3 is 10.3 Å². The van der Waals surface area contributed by atoms with Crippen LogP contribution in [-0.2, 0) is 0 Å². The second kappa shape index (κ2) is 4.35. The van der Waals surface area contributed by atoms with Crippen LogP contribution in [0.15, 0.2) is 61.1 Å². The van der Waals surface area contributed by atoms with Gasteiger partial charge in [-0.05, 0) is 30.3 Å². The van der Waals surface area contributed by atoms with E-state index < -0.39 is 0 Å². The first-order valence-corrected chi connectivity index (χ1v) is 6.44. The van der Waals surface area contributed by atoms with Gasteiger partial charge in [0.25, 0.3) is 0 Å². The summed E-state index contributed by atoms with van der Waals surface area (Å²) in [6.45, 7) is 0. The molecule has 0 fully saturated rings. The average molecular weight is 260 g/mol. The van der Waals surface area contributed by atoms with Crippen molar-refractivity contribution in [1.29, 1.82) is 0 Å². The normalized spacial score (nSPS) is 11.0. The number of H-pyrrole nitrogens is 1. The summed E-state index contributed by atoms with van der Waals surface area (Å²) in [4.78, 5) is 11.9. The Morgan fingerprint density at radius 2 is 1.85 bits per heavy atom. The molecular weight excluding hydrogens is 248 g/mol. The van der Waals surface area contributed by atoms with Gasteiger partial charge in [0, 0.05) is 28.2 Å². The number of aromatic nitrogens is 3. The minimum Gasteiger partial charge on any atom is -0.361 e. The highest BCUT2D eigenvalue weighted by Crippen LogP contribution is 2.26. The van der Waals surface area contributed by atoms with E-state index in [1.807, 2.05) is 48.7 Å². The second-order valence-electron chi connectivity index (χ2n) is 4.65. The highest BCUT2D eigenvalue weighted by Gasteiger charge is 2.06. The molecule has 0 unspecified atom stereocenters. The van der Waals surface area contributed by atoms with E-state index in [0.29, 0.717) is 0 Å². The number of fused-ring (bicyclic) bond motifs is 2. The standard InChI is InChI=1S/C16H12N4/c1-2-4-12(5-3-1)20-16-13-8-11-6-7-17-14(11)9-15(13)18-10-19-16/h1-10,17H,(H,18,19,20). The maximum absolute atomic E-state index is 4.36. The van der Waals surface area contributed by atoms with Crippen molar-refractivity contribution in [3.63, 3.8) is 0 Å². The van der Waals surface area contributed by atoms with E-state index in [2.05, 4.69) is 26.3 Å². The predicted molar refractivity (Wildman–Crippen MR) is 81.1 cm³/mol. The third kappa shape index (κ3) is 1.78. The average Bonchev–Trinajstić information content (AvgIpc) is 2.94. The van der Waals surface area contributed by atoms with E-state index in [9.17, 15) is 0 Å². The molecule has 0 aliphatic rings. The number of anilines is 2. The zero-order chi connectivity index (χ0) is 13.4. The highest BCUT2D eigenvalue weighted by atomic mass is 15.0. The summed E-state index contributed by atoms with van der Waals surface area (Å²) in [5, 5.41) is 5.52. The van der Waals surface area contributed by atoms with Crippen LogP contribution in [0, 0.1) is 0 Å². The highest BCUT2D eigenvalue weighted by molar-refractivity contribution is 6.00. The zero-order valence-corrected chi connectivity index (χ0v) is 10.7. The lowest BCUT2D eigenvalue weighted by molar-refractivity contribution is 1.22. The molecule has 20 heavy (non-hydrogen) atoms. The van der Waals surface area contributed by atoms with Gasteiger partial charge in [-0.1, -0.05) is 18.2 Å². The Bertz CT molecular complexity index is 881. The van der Waals surface area contributed by atoms with Crippen LogP contribution in [0.5, 0.6) is 0 Å². The van der Waals surface area contributed by atoms with Crippen LogP contribution in [0.2, 0.25) is 0 Å². The van der Waals surface area contributed by atoms with Crippen LogP contribution in [0.4, 0.5) is 11.5 Å². The van der Waals surface area contributed by atoms with Crippen LogP contribution in [-0.4, -0.2) is 15.0 Å². The van der Waals surface area contributed by atoms with Crippen molar-refractivity contribution in [2.45, 2.75) is 0 Å². The van der Waals surface area contributed by atoms with Gasteiger partial charge in [-0.25, -0.2) is 9.97 Å². The predicted octanol–water partition coefficient (Wildman–Crippen LogP) is 3.85. The molecule has 96 valence electrons. The maximum Gasteiger partial charge on any atom is 0.141 e. The first-order chi connectivity index (χ1) is 9.90. The van der Waals surface area contributed by atoms with Crippen molar-refractivity contribution in [2.24, 2.45) is 0 Å². The molecule has 0 amide bonds. The Balaban J connectivity index is 1.90. The lowest BCUT2D eigenvalue weighted by Crippen LogP contribution is -1.95. The molecule has 4 rings (SSSR count). The molecule has 2 aromatic heterocycles. The van der Waals surface area contributed by atoms with Crippen molar-refractivity contribution >= 4 is 33.3 Å². The monoisotopic (exact) mass is 260 g/mol. The summed E-state index contributed by atoms with van der Waals surface area (Å²) in [5.74, 6) is 0.823. The van der Waals surface area contributed by atoms with Crippen molar-refractivity contribution in [2.75, 3.05) is 5.32 Å². The molecule has 0 spiro atoms. The van der Waals surface area contributed by atoms with Crippen molar-refractivity contribution in [3.8, 4) is 0 Å². The minimum absolute atomic E-state index is 0.823. The van der Waals surface area contributed by atoms with Crippen LogP contribution in [0.25, 0.3) is 21.8 Å². The van der Waals surface area contributed by atoms with Crippen LogP contribution >= 0.6 is 0 Å². The largest absolute Gasteiger partial charge is 0.361 e. The van der Waals surface area contributed by atoms with Gasteiger partial charge in [-0.3, -0.25) is 0 Å². The zero-order valence-electron chi connectivity index (χ0n) is 10.7. The number of benzene rings is 2. The maximum atomic E-state index is 4.36. The third-order valence-electron chi connectivity index (χ3n) is 3.34. The lowest BCUT2D eigenvalue weighted by Gasteiger charge is -2.08. The topological polar surface area (TPSA) is 53.6 Å². The number of nitrogens with zero attached hydrogens (tertiary/aromatic N) is 2. The fourth-order valence-electron chi connectivity index (χ4n) is 2.36. The van der Waals surface area contributed by atoms with Crippen LogP contribution in [0.3, 0.4) is 0 Å². The SMILES string of the molecule is c1ccc(Nc2ncnc3cc4[nH]ccc4cc23)cc1. The first-order valence-electron chi connectivity index (χ1n) is 6.44. The Morgan fingerprint density at radius 3 is 2.75 bits per heavy atom. The van der Waals surface area contributed by atoms with Gasteiger partial charge in [0.15, 0.2) is 0 Å². The molecule has 2 heterocycles. The second-order valence-corrected chi connectivity index (χ2v) is 4.65. The molecule has 4 aromatic rings. The molecule has 4 nitrogen and oxygen atoms in total. The smallest absolute Gasteiger partial charge is 0.141 e. The van der Waals surface area contributed by atoms with Crippen LogP contribution < -0.4 is 5.32 Å². The molecule has 4 heteroatoms. The number of aromatic amines is 1. The quantitative estimate of drug-likeness (QED) is 0.575. The van der Waals surface area contributed by atoms with E-state index in [1.165, 1.54) is 0 Å². The Labute approximate surface area is 115 Å². The molecule has 0 bridgehead atoms. The van der Waals surface area contributed by atoms with Crippen molar-refractivity contribution in [1.82, 2.24) is 15.0 Å². The van der Waals surface area contributed by atoms with Crippen LogP contribution in [0.1, 0.15) is 0 Å². The summed E-state index contributed by atoms with van der Waals surface area (Å²) in [6.07, 6.45) is 3.52. The fraction of sp³-hybridized carbons (Fsp3) is 0. The van der Waals surface area contributed by atoms with Gasteiger partial charge in [-0.2, -0.15) is 0 Å². The number of rotatable bonds is 2. The summed E-state index contributed by atoms with van der Waals surface area (Å²) in [6, 6.07) is 16.2. The van der Waals surface area contributed by atoms with Crippen molar-refractivity contribution in [3.05, 3.63) is 61.1 Å². The molecule has 0 aliphatic carbocycles. The third-order valence-corrected chi connectivity index (χ3v) is 3.34. The van der Waals surface area contributed by atoms with E-state index >= 15 is 0 Å². The van der Waals surface area contributed by atoms with E-state index in [4.69, 9.17) is 0 Å². The molecule has 0 radical (unpaired) electrons. The molecule has 2 N–H and O–H groups in total. The molecule has 0 aliphatic heterocycles. The van der Waals surface area contributed by atoms with Gasteiger partial charge in [0.1, 0.15) is 12.1 Å². The summed E-state index contributed by atoms with van der Waals surface area (Å²) in [7, 11) is 0. The van der Waals surface area contributed by atoms with E-state index in [1.54, 1.807) is 6.33 Å². The van der Waals surface area contributed by atoms with Gasteiger partial charge >= 0.3 is 0 Å². The summed E-state index contributed by atoms with van der Waals surface area (Å²) >= 11 is 0. The van der Waals surface area contributed by atoms with Gasteiger partial charge in [0.05, 0.1) is 5.52 Å². The Morgan fingerprint density at radius 1 is 0.950 bits per heavy atom. The van der Waals surface area contributed by atoms with Gasteiger partial charge in [-0.15, -0.1) is 0 Å². The summed E-state index contributed by atoms with van der Waals surface area (Å²) < 4.78 is 0. The van der Waals surface area contributed by atoms with Crippen molar-refractivity contribution < 1.29 is 0 Å². The fourth-order valence-corrected chi connectivity index (χ4v) is 2.36. The number of hydrogen-bond acceptors (Lipinski definition) is 3. The Hall–Kier alpha value is -2.88. The molecule has 0 saturated carbocycles. The first kappa shape index (κ1) is 11.0. The van der Waals surface area contributed by atoms with E-state index in [0.717, 1.165) is 33.3 Å². The molecule has 0 saturated heterocycles. The number of nitrogens with one attached hydrogen (secondary N) is 2. The molecular formula is C16H12N4. The number of para-hydroxylation sites is 1.